The van der Waals surface area contributed by atoms with Gasteiger partial charge in [0.25, 0.3) is 5.91 Å². The number of nitrogens with one attached hydrogen (secondary N) is 1. The number of nitrogens with zero attached hydrogens (tertiary/aromatic N) is 3. The lowest BCUT2D eigenvalue weighted by Crippen LogP contribution is -2.34. The second kappa shape index (κ2) is 6.23. The van der Waals surface area contributed by atoms with E-state index < -0.39 is 0 Å². The maximum atomic E-state index is 12.5. The molecule has 1 aromatic carbocycles. The first-order valence-electron chi connectivity index (χ1n) is 6.52. The molecule has 0 aliphatic carbocycles. The van der Waals surface area contributed by atoms with Gasteiger partial charge in [0.05, 0.1) is 4.91 Å². The minimum Gasteiger partial charge on any atom is -0.383 e. The van der Waals surface area contributed by atoms with Crippen molar-refractivity contribution in [3.63, 3.8) is 0 Å². The van der Waals surface area contributed by atoms with Gasteiger partial charge in [0, 0.05) is 6.07 Å². The molecule has 0 radical (unpaired) electrons. The molecule has 0 saturated carbocycles. The van der Waals surface area contributed by atoms with Gasteiger partial charge in [-0.15, -0.1) is 0 Å². The minimum atomic E-state index is -0.284. The zero-order valence-corrected chi connectivity index (χ0v) is 13.4. The summed E-state index contributed by atoms with van der Waals surface area (Å²) in [6.45, 7) is 0. The van der Waals surface area contributed by atoms with Gasteiger partial charge >= 0.3 is 0 Å². The van der Waals surface area contributed by atoms with E-state index >= 15 is 0 Å². The summed E-state index contributed by atoms with van der Waals surface area (Å²) in [5, 5.41) is 1.20. The number of hydrogen-bond acceptors (Lipinski definition) is 8. The van der Waals surface area contributed by atoms with E-state index in [1.54, 1.807) is 6.08 Å². The van der Waals surface area contributed by atoms with Crippen molar-refractivity contribution in [2.24, 2.45) is 0 Å². The molecule has 23 heavy (non-hydrogen) atoms. The van der Waals surface area contributed by atoms with Crippen molar-refractivity contribution >= 4 is 57.9 Å². The number of carbonyl (C=O) groups is 1. The van der Waals surface area contributed by atoms with Crippen molar-refractivity contribution in [1.82, 2.24) is 15.0 Å². The molecule has 3 rings (SSSR count). The average Bonchev–Trinajstić information content (AvgIpc) is 2.75. The molecule has 7 nitrogen and oxygen atoms in total. The van der Waals surface area contributed by atoms with E-state index in [1.165, 1.54) is 22.8 Å². The first kappa shape index (κ1) is 15.3. The maximum absolute atomic E-state index is 12.5. The standard InChI is InChI=1S/C14H12N6OS2/c15-10-7-11(16)18-13(17-10)19-20-12(21)9(23-14(20)22)6-8-4-2-1-3-5-8/h1-7H,(H5,15,16,17,18,19). The van der Waals surface area contributed by atoms with Gasteiger partial charge < -0.3 is 11.5 Å². The van der Waals surface area contributed by atoms with Crippen LogP contribution in [0.15, 0.2) is 41.3 Å². The minimum absolute atomic E-state index is 0.111. The van der Waals surface area contributed by atoms with Crippen LogP contribution in [0.2, 0.25) is 0 Å². The summed E-state index contributed by atoms with van der Waals surface area (Å²) in [7, 11) is 0. The number of hydrogen-bond donors (Lipinski definition) is 3. The first-order valence-corrected chi connectivity index (χ1v) is 7.75. The molecular formula is C14H12N6OS2. The van der Waals surface area contributed by atoms with Crippen LogP contribution in [0.3, 0.4) is 0 Å². The fourth-order valence-electron chi connectivity index (χ4n) is 1.90. The molecule has 2 heterocycles. The quantitative estimate of drug-likeness (QED) is 0.572. The highest BCUT2D eigenvalue weighted by Crippen LogP contribution is 2.32. The average molecular weight is 344 g/mol. The highest BCUT2D eigenvalue weighted by Gasteiger charge is 2.33. The van der Waals surface area contributed by atoms with Crippen LogP contribution < -0.4 is 16.9 Å². The summed E-state index contributed by atoms with van der Waals surface area (Å²) < 4.78 is 0.349. The van der Waals surface area contributed by atoms with Crippen molar-refractivity contribution in [2.45, 2.75) is 0 Å². The molecule has 1 amide bonds. The predicted octanol–water partition coefficient (Wildman–Crippen LogP) is 1.87. The number of thiocarbonyl (C=S) groups is 1. The normalized spacial score (nSPS) is 16.2. The Kier molecular flexibility index (Phi) is 4.13. The second-order valence-corrected chi connectivity index (χ2v) is 6.26. The van der Waals surface area contributed by atoms with Gasteiger partial charge in [0.15, 0.2) is 4.32 Å². The Morgan fingerprint density at radius 1 is 1.17 bits per heavy atom. The topological polar surface area (TPSA) is 110 Å². The Balaban J connectivity index is 1.83. The van der Waals surface area contributed by atoms with Crippen LogP contribution >= 0.6 is 24.0 Å². The summed E-state index contributed by atoms with van der Waals surface area (Å²) >= 11 is 6.41. The van der Waals surface area contributed by atoms with Crippen LogP contribution in [0.25, 0.3) is 6.08 Å². The molecule has 0 unspecified atom stereocenters. The number of thioether (sulfide) groups is 1. The molecule has 0 bridgehead atoms. The largest absolute Gasteiger partial charge is 0.383 e. The molecule has 1 aliphatic heterocycles. The number of amides is 1. The molecule has 2 aromatic rings. The molecule has 9 heteroatoms. The number of rotatable bonds is 3. The molecule has 1 saturated heterocycles. The summed E-state index contributed by atoms with van der Waals surface area (Å²) in [6.07, 6.45) is 1.77. The summed E-state index contributed by atoms with van der Waals surface area (Å²) in [4.78, 5) is 20.9. The number of aromatic nitrogens is 2. The van der Waals surface area contributed by atoms with Crippen LogP contribution in [0, 0.1) is 0 Å². The van der Waals surface area contributed by atoms with Crippen molar-refractivity contribution < 1.29 is 4.79 Å². The molecule has 5 N–H and O–H groups in total. The van der Waals surface area contributed by atoms with Gasteiger partial charge in [0.2, 0.25) is 5.95 Å². The van der Waals surface area contributed by atoms with Crippen molar-refractivity contribution in [3.05, 3.63) is 46.9 Å². The Bertz CT molecular complexity index is 788. The lowest BCUT2D eigenvalue weighted by Gasteiger charge is -2.15. The second-order valence-electron chi connectivity index (χ2n) is 4.58. The number of nitrogen functional groups attached to an aromatic ring is 2. The third kappa shape index (κ3) is 3.41. The van der Waals surface area contributed by atoms with E-state index in [0.717, 1.165) is 5.56 Å². The molecule has 116 valence electrons. The lowest BCUT2D eigenvalue weighted by atomic mass is 10.2. The van der Waals surface area contributed by atoms with Crippen molar-refractivity contribution in [2.75, 3.05) is 16.9 Å². The number of carbonyl (C=O) groups excluding carboxylic acids is 1. The highest BCUT2D eigenvalue weighted by atomic mass is 32.2. The molecular weight excluding hydrogens is 332 g/mol. The molecule has 1 aromatic heterocycles. The SMILES string of the molecule is Nc1cc(N)nc(NN2C(=O)C(=Cc3ccccc3)SC2=S)n1. The van der Waals surface area contributed by atoms with Gasteiger partial charge in [0.1, 0.15) is 11.6 Å². The highest BCUT2D eigenvalue weighted by molar-refractivity contribution is 8.26. The van der Waals surface area contributed by atoms with Crippen LogP contribution in [0.5, 0.6) is 0 Å². The monoisotopic (exact) mass is 344 g/mol. The van der Waals surface area contributed by atoms with E-state index in [0.29, 0.717) is 9.23 Å². The van der Waals surface area contributed by atoms with Crippen LogP contribution in [-0.4, -0.2) is 25.2 Å². The van der Waals surface area contributed by atoms with Gasteiger partial charge in [-0.3, -0.25) is 10.2 Å². The zero-order valence-electron chi connectivity index (χ0n) is 11.8. The number of hydrazine groups is 1. The van der Waals surface area contributed by atoms with E-state index in [4.69, 9.17) is 23.7 Å². The van der Waals surface area contributed by atoms with Crippen molar-refractivity contribution in [3.8, 4) is 0 Å². The van der Waals surface area contributed by atoms with Crippen molar-refractivity contribution in [1.29, 1.82) is 0 Å². The molecule has 1 aliphatic rings. The fourth-order valence-corrected chi connectivity index (χ4v) is 3.08. The Morgan fingerprint density at radius 2 is 1.83 bits per heavy atom. The third-order valence-corrected chi connectivity index (χ3v) is 4.17. The predicted molar refractivity (Wildman–Crippen MR) is 95.9 cm³/mol. The summed E-state index contributed by atoms with van der Waals surface area (Å²) in [5.41, 5.74) is 14.9. The maximum Gasteiger partial charge on any atom is 0.285 e. The summed E-state index contributed by atoms with van der Waals surface area (Å²) in [6, 6.07) is 10.9. The number of benzene rings is 1. The van der Waals surface area contributed by atoms with Gasteiger partial charge in [-0.25, -0.2) is 0 Å². The number of anilines is 3. The van der Waals surface area contributed by atoms with E-state index in [1.807, 2.05) is 30.3 Å². The third-order valence-electron chi connectivity index (χ3n) is 2.87. The van der Waals surface area contributed by atoms with Crippen LogP contribution in [0.4, 0.5) is 17.6 Å². The fraction of sp³-hybridized carbons (Fsp3) is 0. The lowest BCUT2D eigenvalue weighted by molar-refractivity contribution is -0.121. The summed E-state index contributed by atoms with van der Waals surface area (Å²) in [5.74, 6) is 0.226. The zero-order chi connectivity index (χ0) is 16.4. The van der Waals surface area contributed by atoms with Gasteiger partial charge in [-0.05, 0) is 23.9 Å². The van der Waals surface area contributed by atoms with Crippen LogP contribution in [0.1, 0.15) is 5.56 Å². The first-order chi connectivity index (χ1) is 11.0. The molecule has 0 atom stereocenters. The van der Waals surface area contributed by atoms with Gasteiger partial charge in [-0.1, -0.05) is 42.1 Å². The van der Waals surface area contributed by atoms with Gasteiger partial charge in [-0.2, -0.15) is 15.0 Å². The van der Waals surface area contributed by atoms with E-state index in [-0.39, 0.29) is 23.5 Å². The molecule has 1 fully saturated rings. The smallest absolute Gasteiger partial charge is 0.285 e. The molecule has 0 spiro atoms. The van der Waals surface area contributed by atoms with E-state index in [9.17, 15) is 4.79 Å². The van der Waals surface area contributed by atoms with Crippen LogP contribution in [-0.2, 0) is 4.79 Å². The Labute approximate surface area is 141 Å². The van der Waals surface area contributed by atoms with E-state index in [2.05, 4.69) is 15.4 Å². The Morgan fingerprint density at radius 3 is 2.48 bits per heavy atom. The number of nitrogens with two attached hydrogens (primary N) is 2. The Hall–Kier alpha value is -2.65.